The lowest BCUT2D eigenvalue weighted by Crippen LogP contribution is -2.08. The van der Waals surface area contributed by atoms with Gasteiger partial charge in [-0.25, -0.2) is 0 Å². The van der Waals surface area contributed by atoms with Crippen LogP contribution in [0.15, 0.2) is 35.9 Å². The zero-order valence-electron chi connectivity index (χ0n) is 17.0. The van der Waals surface area contributed by atoms with Crippen LogP contribution in [0, 0.1) is 0 Å². The van der Waals surface area contributed by atoms with Gasteiger partial charge in [-0.15, -0.1) is 0 Å². The summed E-state index contributed by atoms with van der Waals surface area (Å²) in [5.74, 6) is 1.71. The first-order valence-electron chi connectivity index (χ1n) is 8.98. The molecular weight excluding hydrogens is 358 g/mol. The number of nitrogen functional groups attached to an aromatic ring is 1. The minimum absolute atomic E-state index is 0.131. The third-order valence-electron chi connectivity index (χ3n) is 4.35. The van der Waals surface area contributed by atoms with Crippen LogP contribution in [0.4, 0.5) is 5.69 Å². The summed E-state index contributed by atoms with van der Waals surface area (Å²) in [6.07, 6.45) is 3.28. The van der Waals surface area contributed by atoms with Crippen molar-refractivity contribution in [3.63, 3.8) is 0 Å². The number of methoxy groups -OCH3 is 4. The topological polar surface area (TPSA) is 80.0 Å². The number of hydrogen-bond acceptors (Lipinski definition) is 6. The number of allylic oxidation sites excluding steroid dienone is 1. The Bertz CT molecular complexity index is 873. The molecule has 6 nitrogen and oxygen atoms in total. The van der Waals surface area contributed by atoms with E-state index >= 15 is 0 Å². The third kappa shape index (κ3) is 4.39. The summed E-state index contributed by atoms with van der Waals surface area (Å²) < 4.78 is 21.4. The van der Waals surface area contributed by atoms with Crippen molar-refractivity contribution in [1.82, 2.24) is 0 Å². The van der Waals surface area contributed by atoms with Crippen molar-refractivity contribution in [2.75, 3.05) is 34.2 Å². The van der Waals surface area contributed by atoms with Crippen molar-refractivity contribution >= 4 is 17.5 Å². The maximum Gasteiger partial charge on any atom is 0.204 e. The van der Waals surface area contributed by atoms with E-state index in [0.717, 1.165) is 12.0 Å². The Morgan fingerprint density at radius 3 is 2.11 bits per heavy atom. The first-order chi connectivity index (χ1) is 13.5. The van der Waals surface area contributed by atoms with Gasteiger partial charge in [0.1, 0.15) is 5.75 Å². The highest BCUT2D eigenvalue weighted by atomic mass is 16.5. The Labute approximate surface area is 165 Å². The number of ketones is 1. The normalized spacial score (nSPS) is 11.1. The number of nitrogens with two attached hydrogens (primary N) is 1. The van der Waals surface area contributed by atoms with E-state index in [9.17, 15) is 4.79 Å². The molecule has 0 unspecified atom stereocenters. The predicted octanol–water partition coefficient (Wildman–Crippen LogP) is 4.37. The van der Waals surface area contributed by atoms with Crippen molar-refractivity contribution in [3.8, 4) is 23.0 Å². The summed E-state index contributed by atoms with van der Waals surface area (Å²) in [4.78, 5) is 13.3. The Morgan fingerprint density at radius 2 is 1.57 bits per heavy atom. The van der Waals surface area contributed by atoms with E-state index in [1.54, 1.807) is 31.4 Å². The number of hydrogen-bond donors (Lipinski definition) is 1. The van der Waals surface area contributed by atoms with Gasteiger partial charge in [-0.1, -0.05) is 19.4 Å². The average molecular weight is 385 g/mol. The Kier molecular flexibility index (Phi) is 7.32. The first kappa shape index (κ1) is 21.2. The van der Waals surface area contributed by atoms with E-state index in [1.807, 2.05) is 19.1 Å². The highest BCUT2D eigenvalue weighted by Gasteiger charge is 2.22. The summed E-state index contributed by atoms with van der Waals surface area (Å²) in [5.41, 5.74) is 8.41. The van der Waals surface area contributed by atoms with Gasteiger partial charge in [0.15, 0.2) is 17.3 Å². The molecule has 0 radical (unpaired) electrons. The number of carbonyl (C=O) groups is 1. The molecule has 0 spiro atoms. The standard InChI is InChI=1S/C22H27NO5/c1-6-7-15(12-14-8-10-18(25-2)17(23)13-14)20(24)16-9-11-19(26-3)22(28-5)21(16)27-4/h8-13H,6-7,23H2,1-5H3. The number of benzene rings is 2. The fourth-order valence-corrected chi connectivity index (χ4v) is 3.02. The van der Waals surface area contributed by atoms with Crippen LogP contribution in [-0.2, 0) is 0 Å². The number of rotatable bonds is 9. The lowest BCUT2D eigenvalue weighted by Gasteiger charge is -2.16. The molecule has 2 aromatic rings. The maximum absolute atomic E-state index is 13.3. The van der Waals surface area contributed by atoms with Crippen molar-refractivity contribution in [1.29, 1.82) is 0 Å². The number of carbonyl (C=O) groups excluding carboxylic acids is 1. The van der Waals surface area contributed by atoms with Gasteiger partial charge in [0, 0.05) is 5.57 Å². The van der Waals surface area contributed by atoms with Gasteiger partial charge >= 0.3 is 0 Å². The molecule has 0 aliphatic rings. The third-order valence-corrected chi connectivity index (χ3v) is 4.35. The van der Waals surface area contributed by atoms with Crippen LogP contribution in [0.2, 0.25) is 0 Å². The molecule has 0 atom stereocenters. The molecule has 2 aromatic carbocycles. The Hall–Kier alpha value is -3.15. The molecule has 28 heavy (non-hydrogen) atoms. The second-order valence-corrected chi connectivity index (χ2v) is 6.13. The molecule has 150 valence electrons. The van der Waals surface area contributed by atoms with Crippen LogP contribution in [0.25, 0.3) is 6.08 Å². The van der Waals surface area contributed by atoms with Gasteiger partial charge in [-0.3, -0.25) is 4.79 Å². The molecule has 0 amide bonds. The minimum Gasteiger partial charge on any atom is -0.495 e. The summed E-state index contributed by atoms with van der Waals surface area (Å²) in [6.45, 7) is 2.02. The second-order valence-electron chi connectivity index (χ2n) is 6.13. The SMILES string of the molecule is CCCC(=Cc1ccc(OC)c(N)c1)C(=O)c1ccc(OC)c(OC)c1OC. The van der Waals surface area contributed by atoms with E-state index in [0.29, 0.717) is 46.2 Å². The predicted molar refractivity (Wildman–Crippen MR) is 111 cm³/mol. The van der Waals surface area contributed by atoms with Crippen molar-refractivity contribution in [2.45, 2.75) is 19.8 Å². The van der Waals surface area contributed by atoms with Gasteiger partial charge in [0.2, 0.25) is 5.75 Å². The summed E-state index contributed by atoms with van der Waals surface area (Å²) in [7, 11) is 6.12. The summed E-state index contributed by atoms with van der Waals surface area (Å²) in [6, 6.07) is 8.82. The van der Waals surface area contributed by atoms with Crippen LogP contribution in [0.1, 0.15) is 35.7 Å². The zero-order valence-corrected chi connectivity index (χ0v) is 17.0. The van der Waals surface area contributed by atoms with Gasteiger partial charge in [0.25, 0.3) is 0 Å². The highest BCUT2D eigenvalue weighted by molar-refractivity contribution is 6.13. The minimum atomic E-state index is -0.131. The van der Waals surface area contributed by atoms with Crippen molar-refractivity contribution in [2.24, 2.45) is 0 Å². The molecular formula is C22H27NO5. The van der Waals surface area contributed by atoms with Crippen LogP contribution < -0.4 is 24.7 Å². The highest BCUT2D eigenvalue weighted by Crippen LogP contribution is 2.41. The van der Waals surface area contributed by atoms with Crippen LogP contribution in [0.3, 0.4) is 0 Å². The lowest BCUT2D eigenvalue weighted by atomic mass is 9.96. The van der Waals surface area contributed by atoms with Gasteiger partial charge < -0.3 is 24.7 Å². The average Bonchev–Trinajstić information content (AvgIpc) is 2.71. The van der Waals surface area contributed by atoms with Crippen LogP contribution in [0.5, 0.6) is 23.0 Å². The van der Waals surface area contributed by atoms with Crippen molar-refractivity contribution in [3.05, 3.63) is 47.0 Å². The van der Waals surface area contributed by atoms with Gasteiger partial charge in [-0.2, -0.15) is 0 Å². The molecule has 0 saturated heterocycles. The maximum atomic E-state index is 13.3. The van der Waals surface area contributed by atoms with Crippen molar-refractivity contribution < 1.29 is 23.7 Å². The molecule has 2 rings (SSSR count). The molecule has 0 aliphatic heterocycles. The number of Topliss-reactive ketones (excluding diaryl/α,β-unsaturated/α-hetero) is 1. The lowest BCUT2D eigenvalue weighted by molar-refractivity contribution is 0.102. The molecule has 0 aromatic heterocycles. The van der Waals surface area contributed by atoms with E-state index < -0.39 is 0 Å². The summed E-state index contributed by atoms with van der Waals surface area (Å²) in [5, 5.41) is 0. The smallest absolute Gasteiger partial charge is 0.204 e. The number of ether oxygens (including phenoxy) is 4. The monoisotopic (exact) mass is 385 g/mol. The summed E-state index contributed by atoms with van der Waals surface area (Å²) >= 11 is 0. The van der Waals surface area contributed by atoms with Gasteiger partial charge in [-0.05, 0) is 42.3 Å². The molecule has 0 saturated carbocycles. The molecule has 2 N–H and O–H groups in total. The quantitative estimate of drug-likeness (QED) is 0.392. The molecule has 6 heteroatoms. The fourth-order valence-electron chi connectivity index (χ4n) is 3.02. The second kappa shape index (κ2) is 9.69. The number of anilines is 1. The van der Waals surface area contributed by atoms with E-state index in [-0.39, 0.29) is 5.78 Å². The van der Waals surface area contributed by atoms with E-state index in [2.05, 4.69) is 0 Å². The molecule has 0 aliphatic carbocycles. The zero-order chi connectivity index (χ0) is 20.7. The molecule has 0 heterocycles. The molecule has 0 bridgehead atoms. The van der Waals surface area contributed by atoms with Crippen LogP contribution in [-0.4, -0.2) is 34.2 Å². The van der Waals surface area contributed by atoms with E-state index in [1.165, 1.54) is 21.3 Å². The van der Waals surface area contributed by atoms with Crippen LogP contribution >= 0.6 is 0 Å². The Morgan fingerprint density at radius 1 is 0.929 bits per heavy atom. The Balaban J connectivity index is 2.52. The fraction of sp³-hybridized carbons (Fsp3) is 0.318. The molecule has 0 fully saturated rings. The van der Waals surface area contributed by atoms with E-state index in [4.69, 9.17) is 24.7 Å². The first-order valence-corrected chi connectivity index (χ1v) is 8.98. The van der Waals surface area contributed by atoms with Gasteiger partial charge in [0.05, 0.1) is 39.7 Å². The largest absolute Gasteiger partial charge is 0.495 e.